The van der Waals surface area contributed by atoms with Crippen LogP contribution in [0.3, 0.4) is 0 Å². The van der Waals surface area contributed by atoms with Crippen molar-refractivity contribution in [1.82, 2.24) is 15.0 Å². The molecule has 9 nitrogen and oxygen atoms in total. The van der Waals surface area contributed by atoms with Gasteiger partial charge in [-0.15, -0.1) is 5.10 Å². The van der Waals surface area contributed by atoms with E-state index in [9.17, 15) is 19.1 Å². The molecule has 10 heteroatoms. The average molecular weight is 646 g/mol. The largest absolute Gasteiger partial charge is 0.507 e. The van der Waals surface area contributed by atoms with Crippen LogP contribution in [0.15, 0.2) is 119 Å². The van der Waals surface area contributed by atoms with Gasteiger partial charge in [0.25, 0.3) is 0 Å². The second-order valence-corrected chi connectivity index (χ2v) is 11.0. The number of phenolic OH excluding ortho intramolecular Hbond substituents is 1. The van der Waals surface area contributed by atoms with Crippen molar-refractivity contribution >= 4 is 22.8 Å². The summed E-state index contributed by atoms with van der Waals surface area (Å²) in [5.41, 5.74) is 2.79. The Bertz CT molecular complexity index is 2110. The molecule has 0 aliphatic rings. The summed E-state index contributed by atoms with van der Waals surface area (Å²) in [5, 5.41) is 18.7. The Morgan fingerprint density at radius 3 is 2.56 bits per heavy atom. The number of unbranched alkanes of at least 4 members (excludes halogenated alkanes) is 1. The Balaban J connectivity index is 0.928. The molecule has 2 aromatic heterocycles. The van der Waals surface area contributed by atoms with Gasteiger partial charge in [-0.3, -0.25) is 9.59 Å². The van der Waals surface area contributed by atoms with E-state index < -0.39 is 17.3 Å². The molecular weight excluding hydrogens is 613 g/mol. The molecule has 0 aliphatic heterocycles. The van der Waals surface area contributed by atoms with Crippen molar-refractivity contribution in [1.29, 1.82) is 0 Å². The number of aromatic hydroxyl groups is 1. The predicted octanol–water partition coefficient (Wildman–Crippen LogP) is 7.27. The lowest BCUT2D eigenvalue weighted by Gasteiger charge is -2.09. The molecule has 0 radical (unpaired) electrons. The number of rotatable bonds is 14. The van der Waals surface area contributed by atoms with Crippen LogP contribution >= 0.6 is 0 Å². The molecule has 0 spiro atoms. The lowest BCUT2D eigenvalue weighted by atomic mass is 10.1. The van der Waals surface area contributed by atoms with Crippen molar-refractivity contribution in [2.24, 2.45) is 0 Å². The lowest BCUT2D eigenvalue weighted by Crippen LogP contribution is -2.09. The summed E-state index contributed by atoms with van der Waals surface area (Å²) in [6.07, 6.45) is 7.30. The van der Waals surface area contributed by atoms with E-state index in [2.05, 4.69) is 10.3 Å². The SMILES string of the molecule is O=C(/C=C/c1ccc(OCCCCc2cn(CCOc3cccc4c(=O)cc(-c5ccccc5)oc34)nn2)cc1)c1ccc(F)cc1O. The third-order valence-electron chi connectivity index (χ3n) is 7.57. The van der Waals surface area contributed by atoms with Gasteiger partial charge in [-0.05, 0) is 67.3 Å². The fourth-order valence-corrected chi connectivity index (χ4v) is 5.07. The minimum Gasteiger partial charge on any atom is -0.507 e. The molecule has 0 aliphatic carbocycles. The molecule has 6 rings (SSSR count). The van der Waals surface area contributed by atoms with E-state index in [1.165, 1.54) is 18.2 Å². The molecule has 6 aromatic rings. The summed E-state index contributed by atoms with van der Waals surface area (Å²) >= 11 is 0. The highest BCUT2D eigenvalue weighted by Gasteiger charge is 2.12. The molecule has 0 unspecified atom stereocenters. The van der Waals surface area contributed by atoms with Crippen molar-refractivity contribution < 1.29 is 28.2 Å². The van der Waals surface area contributed by atoms with Gasteiger partial charge in [0, 0.05) is 23.9 Å². The van der Waals surface area contributed by atoms with Gasteiger partial charge in [0.1, 0.15) is 29.7 Å². The van der Waals surface area contributed by atoms with Crippen LogP contribution in [0, 0.1) is 5.82 Å². The molecule has 242 valence electrons. The topological polar surface area (TPSA) is 117 Å². The first kappa shape index (κ1) is 31.9. The quantitative estimate of drug-likeness (QED) is 0.0747. The van der Waals surface area contributed by atoms with Crippen LogP contribution < -0.4 is 14.9 Å². The van der Waals surface area contributed by atoms with Crippen LogP contribution in [0.25, 0.3) is 28.4 Å². The Hall–Kier alpha value is -6.03. The highest BCUT2D eigenvalue weighted by atomic mass is 19.1. The van der Waals surface area contributed by atoms with Crippen LogP contribution in [0.1, 0.15) is 34.5 Å². The minimum atomic E-state index is -0.607. The number of hydrogen-bond acceptors (Lipinski definition) is 8. The lowest BCUT2D eigenvalue weighted by molar-refractivity contribution is 0.104. The number of ketones is 1. The van der Waals surface area contributed by atoms with Crippen LogP contribution in [0.5, 0.6) is 17.2 Å². The Kier molecular flexibility index (Phi) is 10.0. The van der Waals surface area contributed by atoms with Crippen LogP contribution in [0.2, 0.25) is 0 Å². The standard InChI is InChI=1S/C38H32FN3O6/c39-28-15-18-31(34(44)23-28)33(43)19-14-26-12-16-30(17-13-26)46-21-5-4-9-29-25-42(41-40-29)20-22-47-36-11-6-10-32-35(45)24-37(48-38(32)36)27-7-2-1-3-8-27/h1-3,6-8,10-19,23-25,44H,4-5,9,20-22H2/b19-14+. The zero-order valence-corrected chi connectivity index (χ0v) is 25.9. The van der Waals surface area contributed by atoms with E-state index in [0.717, 1.165) is 48.2 Å². The fourth-order valence-electron chi connectivity index (χ4n) is 5.07. The van der Waals surface area contributed by atoms with Gasteiger partial charge in [-0.2, -0.15) is 0 Å². The number of para-hydroxylation sites is 1. The van der Waals surface area contributed by atoms with Gasteiger partial charge in [-0.25, -0.2) is 9.07 Å². The van der Waals surface area contributed by atoms with Gasteiger partial charge in [-0.1, -0.05) is 59.8 Å². The minimum absolute atomic E-state index is 0.0383. The van der Waals surface area contributed by atoms with E-state index in [4.69, 9.17) is 13.9 Å². The third kappa shape index (κ3) is 8.03. The Morgan fingerprint density at radius 2 is 1.75 bits per heavy atom. The highest BCUT2D eigenvalue weighted by molar-refractivity contribution is 6.08. The molecule has 4 aromatic carbocycles. The monoisotopic (exact) mass is 645 g/mol. The number of halogens is 1. The fraction of sp³-hybridized carbons (Fsp3) is 0.158. The Morgan fingerprint density at radius 1 is 0.917 bits per heavy atom. The van der Waals surface area contributed by atoms with Gasteiger partial charge >= 0.3 is 0 Å². The number of aryl methyl sites for hydroxylation is 1. The predicted molar refractivity (Wildman–Crippen MR) is 180 cm³/mol. The molecule has 0 fully saturated rings. The average Bonchev–Trinajstić information content (AvgIpc) is 3.55. The van der Waals surface area contributed by atoms with E-state index in [1.807, 2.05) is 60.8 Å². The van der Waals surface area contributed by atoms with Crippen molar-refractivity contribution in [2.45, 2.75) is 25.8 Å². The maximum atomic E-state index is 13.2. The summed E-state index contributed by atoms with van der Waals surface area (Å²) in [7, 11) is 0. The van der Waals surface area contributed by atoms with Crippen molar-refractivity contribution in [3.63, 3.8) is 0 Å². The number of hydrogen-bond donors (Lipinski definition) is 1. The zero-order valence-electron chi connectivity index (χ0n) is 25.9. The van der Waals surface area contributed by atoms with Crippen molar-refractivity contribution in [3.05, 3.63) is 142 Å². The summed E-state index contributed by atoms with van der Waals surface area (Å²) in [6, 6.07) is 26.8. The number of fused-ring (bicyclic) bond motifs is 1. The molecule has 1 N–H and O–H groups in total. The zero-order chi connectivity index (χ0) is 33.3. The summed E-state index contributed by atoms with van der Waals surface area (Å²) in [5.74, 6) is 0.269. The van der Waals surface area contributed by atoms with E-state index in [-0.39, 0.29) is 11.0 Å². The number of ether oxygens (including phenoxy) is 2. The number of carbonyl (C=O) groups excluding carboxylic acids is 1. The molecule has 2 heterocycles. The second kappa shape index (κ2) is 15.0. The number of allylic oxidation sites excluding steroid dienone is 1. The van der Waals surface area contributed by atoms with E-state index in [1.54, 1.807) is 29.0 Å². The summed E-state index contributed by atoms with van der Waals surface area (Å²) in [4.78, 5) is 25.1. The van der Waals surface area contributed by atoms with Gasteiger partial charge in [0.15, 0.2) is 22.5 Å². The summed E-state index contributed by atoms with van der Waals surface area (Å²) < 4.78 is 32.9. The first-order chi connectivity index (χ1) is 23.4. The van der Waals surface area contributed by atoms with Gasteiger partial charge < -0.3 is 19.0 Å². The smallest absolute Gasteiger partial charge is 0.193 e. The second-order valence-electron chi connectivity index (χ2n) is 11.0. The van der Waals surface area contributed by atoms with Gasteiger partial charge in [0.2, 0.25) is 0 Å². The molecule has 0 amide bonds. The number of benzene rings is 4. The number of aromatic nitrogens is 3. The van der Waals surface area contributed by atoms with E-state index in [0.29, 0.717) is 48.0 Å². The van der Waals surface area contributed by atoms with Crippen molar-refractivity contribution in [3.8, 4) is 28.6 Å². The first-order valence-corrected chi connectivity index (χ1v) is 15.5. The van der Waals surface area contributed by atoms with Crippen LogP contribution in [-0.2, 0) is 13.0 Å². The highest BCUT2D eigenvalue weighted by Crippen LogP contribution is 2.28. The first-order valence-electron chi connectivity index (χ1n) is 15.5. The number of nitrogens with zero attached hydrogens (tertiary/aromatic N) is 3. The van der Waals surface area contributed by atoms with Crippen LogP contribution in [0.4, 0.5) is 4.39 Å². The molecule has 0 saturated carbocycles. The number of carbonyl (C=O) groups is 1. The normalized spacial score (nSPS) is 11.3. The van der Waals surface area contributed by atoms with Crippen molar-refractivity contribution in [2.75, 3.05) is 13.2 Å². The molecule has 0 atom stereocenters. The van der Waals surface area contributed by atoms with E-state index >= 15 is 0 Å². The maximum Gasteiger partial charge on any atom is 0.193 e. The third-order valence-corrected chi connectivity index (χ3v) is 7.57. The molecule has 0 saturated heterocycles. The van der Waals surface area contributed by atoms with Crippen LogP contribution in [-0.4, -0.2) is 39.1 Å². The Labute approximate surface area is 275 Å². The number of phenols is 1. The van der Waals surface area contributed by atoms with Gasteiger partial charge in [0.05, 0.1) is 29.8 Å². The molecular formula is C38H32FN3O6. The molecule has 0 bridgehead atoms. The molecule has 48 heavy (non-hydrogen) atoms. The maximum absolute atomic E-state index is 13.2. The summed E-state index contributed by atoms with van der Waals surface area (Å²) in [6.45, 7) is 1.33.